The van der Waals surface area contributed by atoms with Crippen molar-refractivity contribution < 1.29 is 24.5 Å². The smallest absolute Gasteiger partial charge is 0.301 e. The normalized spacial score (nSPS) is 18.2. The van der Waals surface area contributed by atoms with Gasteiger partial charge in [0.15, 0.2) is 16.6 Å². The minimum Gasteiger partial charge on any atom is -0.507 e. The summed E-state index contributed by atoms with van der Waals surface area (Å²) in [6, 6.07) is 12.1. The number of aromatic nitrogens is 1. The lowest BCUT2D eigenvalue weighted by molar-refractivity contribution is -0.132. The number of aromatic hydroxyl groups is 1. The molecule has 0 bridgehead atoms. The summed E-state index contributed by atoms with van der Waals surface area (Å²) in [4.78, 5) is 31.2. The van der Waals surface area contributed by atoms with Gasteiger partial charge in [-0.15, -0.1) is 11.3 Å². The summed E-state index contributed by atoms with van der Waals surface area (Å²) < 4.78 is 5.18. The fraction of sp³-hybridized carbons (Fsp3) is 0.0952. The van der Waals surface area contributed by atoms with E-state index in [4.69, 9.17) is 4.74 Å². The van der Waals surface area contributed by atoms with Crippen LogP contribution >= 0.6 is 11.3 Å². The minimum absolute atomic E-state index is 0.0517. The zero-order chi connectivity index (χ0) is 20.5. The number of rotatable bonds is 4. The molecule has 2 N–H and O–H groups in total. The maximum absolute atomic E-state index is 12.9. The quantitative estimate of drug-likeness (QED) is 0.389. The van der Waals surface area contributed by atoms with Gasteiger partial charge in [-0.1, -0.05) is 36.4 Å². The predicted octanol–water partition coefficient (Wildman–Crippen LogP) is 3.48. The van der Waals surface area contributed by atoms with Crippen LogP contribution in [0.4, 0.5) is 5.13 Å². The average Bonchev–Trinajstić information content (AvgIpc) is 3.36. The van der Waals surface area contributed by atoms with E-state index in [-0.39, 0.29) is 22.8 Å². The number of nitrogens with zero attached hydrogens (tertiary/aromatic N) is 2. The van der Waals surface area contributed by atoms with Gasteiger partial charge in [0, 0.05) is 17.1 Å². The summed E-state index contributed by atoms with van der Waals surface area (Å²) in [5.41, 5.74) is 0.857. The molecule has 0 unspecified atom stereocenters. The Balaban J connectivity index is 1.96. The molecule has 1 amide bonds. The molecule has 7 nitrogen and oxygen atoms in total. The van der Waals surface area contributed by atoms with Gasteiger partial charge < -0.3 is 14.9 Å². The Labute approximate surface area is 170 Å². The number of carbonyl (C=O) groups excluding carboxylic acids is 2. The molecule has 1 aliphatic rings. The van der Waals surface area contributed by atoms with E-state index in [1.54, 1.807) is 41.8 Å². The van der Waals surface area contributed by atoms with Crippen LogP contribution in [0.3, 0.4) is 0 Å². The highest BCUT2D eigenvalue weighted by Crippen LogP contribution is 2.44. The van der Waals surface area contributed by atoms with Gasteiger partial charge in [-0.25, -0.2) is 4.98 Å². The van der Waals surface area contributed by atoms with Crippen molar-refractivity contribution in [2.45, 2.75) is 6.04 Å². The van der Waals surface area contributed by atoms with Crippen LogP contribution in [0.25, 0.3) is 5.76 Å². The number of hydrogen-bond donors (Lipinski definition) is 2. The van der Waals surface area contributed by atoms with Crippen LogP contribution in [0.2, 0.25) is 0 Å². The standard InChI is InChI=1S/C21H16N2O5S/c1-28-15-11-13(7-8-14(15)24)17-16(18(25)12-5-3-2-4-6-12)19(26)20(27)23(17)21-22-9-10-29-21/h2-11,17,24-25H,1H3/b18-16+/t17-/m0/s1. The van der Waals surface area contributed by atoms with Crippen LogP contribution in [0.1, 0.15) is 17.2 Å². The molecule has 0 aliphatic carbocycles. The van der Waals surface area contributed by atoms with Crippen molar-refractivity contribution in [3.05, 3.63) is 76.8 Å². The number of thiazole rings is 1. The van der Waals surface area contributed by atoms with Crippen LogP contribution in [-0.2, 0) is 9.59 Å². The molecule has 0 spiro atoms. The Hall–Kier alpha value is -3.65. The maximum Gasteiger partial charge on any atom is 0.301 e. The van der Waals surface area contributed by atoms with Gasteiger partial charge >= 0.3 is 5.91 Å². The molecule has 1 aliphatic heterocycles. The molecule has 4 rings (SSSR count). The molecule has 29 heavy (non-hydrogen) atoms. The molecule has 1 fully saturated rings. The highest BCUT2D eigenvalue weighted by molar-refractivity contribution is 7.14. The highest BCUT2D eigenvalue weighted by Gasteiger charge is 2.48. The molecule has 1 atom stereocenters. The van der Waals surface area contributed by atoms with Crippen molar-refractivity contribution in [1.82, 2.24) is 4.98 Å². The maximum atomic E-state index is 12.9. The van der Waals surface area contributed by atoms with Crippen LogP contribution in [0.5, 0.6) is 11.5 Å². The molecule has 0 radical (unpaired) electrons. The Morgan fingerprint density at radius 2 is 1.93 bits per heavy atom. The average molecular weight is 408 g/mol. The topological polar surface area (TPSA) is 100.0 Å². The lowest BCUT2D eigenvalue weighted by Crippen LogP contribution is -2.29. The highest BCUT2D eigenvalue weighted by atomic mass is 32.1. The Morgan fingerprint density at radius 3 is 2.59 bits per heavy atom. The Kier molecular flexibility index (Phi) is 4.77. The van der Waals surface area contributed by atoms with Crippen LogP contribution in [-0.4, -0.2) is 34.0 Å². The molecule has 1 aromatic heterocycles. The molecule has 2 aromatic carbocycles. The number of phenolic OH excluding ortho intramolecular Hbond substituents is 1. The fourth-order valence-corrected chi connectivity index (χ4v) is 3.96. The molecular weight excluding hydrogens is 392 g/mol. The number of ketones is 1. The van der Waals surface area contributed by atoms with E-state index in [0.717, 1.165) is 0 Å². The number of anilines is 1. The van der Waals surface area contributed by atoms with Crippen molar-refractivity contribution in [3.63, 3.8) is 0 Å². The van der Waals surface area contributed by atoms with E-state index in [9.17, 15) is 19.8 Å². The first-order valence-electron chi connectivity index (χ1n) is 8.65. The Morgan fingerprint density at radius 1 is 1.17 bits per heavy atom. The molecule has 1 saturated heterocycles. The van der Waals surface area contributed by atoms with Gasteiger partial charge in [0.25, 0.3) is 5.78 Å². The van der Waals surface area contributed by atoms with Crippen molar-refractivity contribution in [1.29, 1.82) is 0 Å². The van der Waals surface area contributed by atoms with Gasteiger partial charge in [-0.2, -0.15) is 0 Å². The molecule has 0 saturated carbocycles. The summed E-state index contributed by atoms with van der Waals surface area (Å²) in [5.74, 6) is -1.76. The number of ether oxygens (including phenoxy) is 1. The summed E-state index contributed by atoms with van der Waals surface area (Å²) in [6.07, 6.45) is 1.53. The fourth-order valence-electron chi connectivity index (χ4n) is 3.30. The number of Topliss-reactive ketones (excluding diaryl/α,β-unsaturated/α-hetero) is 1. The summed E-state index contributed by atoms with van der Waals surface area (Å²) >= 11 is 1.20. The summed E-state index contributed by atoms with van der Waals surface area (Å²) in [7, 11) is 1.40. The van der Waals surface area contributed by atoms with E-state index >= 15 is 0 Å². The second-order valence-corrected chi connectivity index (χ2v) is 7.15. The monoisotopic (exact) mass is 408 g/mol. The lowest BCUT2D eigenvalue weighted by Gasteiger charge is -2.23. The van der Waals surface area contributed by atoms with Crippen LogP contribution in [0.15, 0.2) is 65.7 Å². The van der Waals surface area contributed by atoms with Gasteiger partial charge in [-0.05, 0) is 17.7 Å². The first kappa shape index (κ1) is 18.7. The molecule has 3 aromatic rings. The molecule has 146 valence electrons. The molecule has 2 heterocycles. The predicted molar refractivity (Wildman–Crippen MR) is 108 cm³/mol. The SMILES string of the molecule is COc1cc([C@H]2/C(=C(\O)c3ccccc3)C(=O)C(=O)N2c2nccs2)ccc1O. The number of hydrogen-bond acceptors (Lipinski definition) is 7. The Bertz CT molecular complexity index is 1110. The third-order valence-electron chi connectivity index (χ3n) is 4.64. The first-order valence-corrected chi connectivity index (χ1v) is 9.53. The number of aliphatic hydroxyl groups excluding tert-OH is 1. The number of carbonyl (C=O) groups is 2. The van der Waals surface area contributed by atoms with Crippen molar-refractivity contribution in [2.24, 2.45) is 0 Å². The lowest BCUT2D eigenvalue weighted by atomic mass is 9.95. The summed E-state index contributed by atoms with van der Waals surface area (Å²) in [6.45, 7) is 0. The minimum atomic E-state index is -0.921. The largest absolute Gasteiger partial charge is 0.507 e. The van der Waals surface area contributed by atoms with Crippen molar-refractivity contribution in [3.8, 4) is 11.5 Å². The number of benzene rings is 2. The number of amides is 1. The number of aliphatic hydroxyl groups is 1. The summed E-state index contributed by atoms with van der Waals surface area (Å²) in [5, 5.41) is 22.9. The molecular formula is C21H16N2O5S. The third-order valence-corrected chi connectivity index (χ3v) is 5.41. The van der Waals surface area contributed by atoms with E-state index in [2.05, 4.69) is 4.98 Å². The van der Waals surface area contributed by atoms with Gasteiger partial charge in [0.1, 0.15) is 5.76 Å². The van der Waals surface area contributed by atoms with Crippen molar-refractivity contribution in [2.75, 3.05) is 12.0 Å². The first-order chi connectivity index (χ1) is 14.0. The van der Waals surface area contributed by atoms with Crippen LogP contribution in [0, 0.1) is 0 Å². The molecule has 8 heteroatoms. The zero-order valence-corrected chi connectivity index (χ0v) is 16.1. The van der Waals surface area contributed by atoms with E-state index in [1.165, 1.54) is 41.7 Å². The number of phenols is 1. The van der Waals surface area contributed by atoms with E-state index < -0.39 is 17.7 Å². The second kappa shape index (κ2) is 7.40. The van der Waals surface area contributed by atoms with Gasteiger partial charge in [0.05, 0.1) is 18.7 Å². The van der Waals surface area contributed by atoms with E-state index in [0.29, 0.717) is 16.3 Å². The zero-order valence-electron chi connectivity index (χ0n) is 15.3. The van der Waals surface area contributed by atoms with Gasteiger partial charge in [-0.3, -0.25) is 14.5 Å². The second-order valence-electron chi connectivity index (χ2n) is 6.28. The van der Waals surface area contributed by atoms with E-state index in [1.807, 2.05) is 0 Å². The third kappa shape index (κ3) is 3.13. The van der Waals surface area contributed by atoms with Crippen LogP contribution < -0.4 is 9.64 Å². The van der Waals surface area contributed by atoms with Gasteiger partial charge in [0.2, 0.25) is 0 Å². The number of methoxy groups -OCH3 is 1. The van der Waals surface area contributed by atoms with Crippen molar-refractivity contribution >= 4 is 33.9 Å².